The maximum atomic E-state index is 11.5. The van der Waals surface area contributed by atoms with Gasteiger partial charge < -0.3 is 14.8 Å². The predicted octanol–water partition coefficient (Wildman–Crippen LogP) is 2.62. The number of alkyl carbamates (subject to hydrolysis) is 1. The molecule has 108 valence electrons. The third-order valence-electron chi connectivity index (χ3n) is 2.24. The summed E-state index contributed by atoms with van der Waals surface area (Å²) in [6, 6.07) is 10.9. The van der Waals surface area contributed by atoms with E-state index in [2.05, 4.69) is 5.32 Å². The van der Waals surface area contributed by atoms with Gasteiger partial charge in [0.1, 0.15) is 11.6 Å². The van der Waals surface area contributed by atoms with Crippen LogP contribution in [0.5, 0.6) is 0 Å². The largest absolute Gasteiger partial charge is 0.444 e. The normalized spacial score (nSPS) is 12.3. The maximum absolute atomic E-state index is 11.5. The number of ether oxygens (including phenoxy) is 2. The Morgan fingerprint density at radius 1 is 1.35 bits per heavy atom. The molecule has 0 aliphatic carbocycles. The van der Waals surface area contributed by atoms with E-state index in [0.29, 0.717) is 6.61 Å². The lowest BCUT2D eigenvalue weighted by atomic mass is 10.2. The van der Waals surface area contributed by atoms with Crippen molar-refractivity contribution in [2.45, 2.75) is 39.0 Å². The first-order valence-corrected chi connectivity index (χ1v) is 6.41. The standard InChI is InChI=1S/C15H20N2O3/c1-15(2,3)20-14(18)17-13(9-16)11-19-10-12-7-5-4-6-8-12/h4-8,13H,10-11H2,1-3H3,(H,17,18)/t13-/m1/s1. The van der Waals surface area contributed by atoms with E-state index in [4.69, 9.17) is 14.7 Å². The summed E-state index contributed by atoms with van der Waals surface area (Å²) in [6.45, 7) is 5.80. The third kappa shape index (κ3) is 6.76. The number of carbonyl (C=O) groups excluding carboxylic acids is 1. The van der Waals surface area contributed by atoms with Crippen molar-refractivity contribution in [3.63, 3.8) is 0 Å². The molecule has 1 rings (SSSR count). The monoisotopic (exact) mass is 276 g/mol. The Labute approximate surface area is 119 Å². The van der Waals surface area contributed by atoms with E-state index in [0.717, 1.165) is 5.56 Å². The van der Waals surface area contributed by atoms with Gasteiger partial charge in [0.25, 0.3) is 0 Å². The van der Waals surface area contributed by atoms with Crippen molar-refractivity contribution in [3.05, 3.63) is 35.9 Å². The van der Waals surface area contributed by atoms with Crippen LogP contribution in [0.1, 0.15) is 26.3 Å². The molecule has 1 aromatic carbocycles. The Morgan fingerprint density at radius 3 is 2.55 bits per heavy atom. The summed E-state index contributed by atoms with van der Waals surface area (Å²) in [4.78, 5) is 11.5. The molecule has 1 N–H and O–H groups in total. The Balaban J connectivity index is 2.33. The van der Waals surface area contributed by atoms with Gasteiger partial charge in [-0.1, -0.05) is 30.3 Å². The van der Waals surface area contributed by atoms with E-state index in [9.17, 15) is 4.79 Å². The van der Waals surface area contributed by atoms with Gasteiger partial charge in [0.15, 0.2) is 0 Å². The number of amides is 1. The average Bonchev–Trinajstić information content (AvgIpc) is 2.36. The van der Waals surface area contributed by atoms with Crippen LogP contribution in [0.15, 0.2) is 30.3 Å². The van der Waals surface area contributed by atoms with Crippen molar-refractivity contribution in [3.8, 4) is 6.07 Å². The van der Waals surface area contributed by atoms with Gasteiger partial charge in [-0.3, -0.25) is 0 Å². The molecule has 0 aliphatic heterocycles. The third-order valence-corrected chi connectivity index (χ3v) is 2.24. The topological polar surface area (TPSA) is 71.3 Å². The van der Waals surface area contributed by atoms with Crippen molar-refractivity contribution < 1.29 is 14.3 Å². The first kappa shape index (κ1) is 16.0. The van der Waals surface area contributed by atoms with Crippen LogP contribution < -0.4 is 5.32 Å². The zero-order chi connectivity index (χ0) is 15.0. The molecular formula is C15H20N2O3. The van der Waals surface area contributed by atoms with Crippen molar-refractivity contribution in [2.75, 3.05) is 6.61 Å². The minimum absolute atomic E-state index is 0.116. The van der Waals surface area contributed by atoms with Crippen molar-refractivity contribution >= 4 is 6.09 Å². The molecule has 5 heteroatoms. The molecular weight excluding hydrogens is 256 g/mol. The van der Waals surface area contributed by atoms with E-state index in [1.807, 2.05) is 36.4 Å². The molecule has 0 unspecified atom stereocenters. The zero-order valence-corrected chi connectivity index (χ0v) is 12.1. The van der Waals surface area contributed by atoms with Crippen LogP contribution in [0.25, 0.3) is 0 Å². The SMILES string of the molecule is CC(C)(C)OC(=O)N[C@H](C#N)COCc1ccccc1. The second-order valence-electron chi connectivity index (χ2n) is 5.33. The van der Waals surface area contributed by atoms with E-state index in [-0.39, 0.29) is 6.61 Å². The first-order chi connectivity index (χ1) is 9.40. The Bertz CT molecular complexity index is 460. The number of hydrogen-bond acceptors (Lipinski definition) is 4. The average molecular weight is 276 g/mol. The summed E-state index contributed by atoms with van der Waals surface area (Å²) < 4.78 is 10.5. The van der Waals surface area contributed by atoms with Gasteiger partial charge in [-0.2, -0.15) is 5.26 Å². The maximum Gasteiger partial charge on any atom is 0.408 e. The van der Waals surface area contributed by atoms with Crippen LogP contribution in [-0.4, -0.2) is 24.3 Å². The first-order valence-electron chi connectivity index (χ1n) is 6.41. The van der Waals surface area contributed by atoms with Crippen molar-refractivity contribution in [1.82, 2.24) is 5.32 Å². The van der Waals surface area contributed by atoms with Crippen LogP contribution in [0.3, 0.4) is 0 Å². The minimum atomic E-state index is -0.728. The second-order valence-corrected chi connectivity index (χ2v) is 5.33. The molecule has 0 saturated carbocycles. The molecule has 0 fully saturated rings. The number of carbonyl (C=O) groups is 1. The summed E-state index contributed by atoms with van der Waals surface area (Å²) >= 11 is 0. The lowest BCUT2D eigenvalue weighted by molar-refractivity contribution is 0.0462. The molecule has 0 aromatic heterocycles. The number of benzene rings is 1. The molecule has 1 atom stereocenters. The highest BCUT2D eigenvalue weighted by Crippen LogP contribution is 2.07. The quantitative estimate of drug-likeness (QED) is 0.897. The van der Waals surface area contributed by atoms with Crippen LogP contribution >= 0.6 is 0 Å². The smallest absolute Gasteiger partial charge is 0.408 e. The van der Waals surface area contributed by atoms with Gasteiger partial charge in [0.05, 0.1) is 19.3 Å². The fraction of sp³-hybridized carbons (Fsp3) is 0.467. The highest BCUT2D eigenvalue weighted by Gasteiger charge is 2.19. The second kappa shape index (κ2) is 7.51. The molecule has 0 spiro atoms. The molecule has 20 heavy (non-hydrogen) atoms. The van der Waals surface area contributed by atoms with Crippen LogP contribution in [0.4, 0.5) is 4.79 Å². The van der Waals surface area contributed by atoms with Crippen molar-refractivity contribution in [2.24, 2.45) is 0 Å². The Hall–Kier alpha value is -2.06. The molecule has 1 aromatic rings. The number of nitriles is 1. The molecule has 0 saturated heterocycles. The predicted molar refractivity (Wildman–Crippen MR) is 74.9 cm³/mol. The van der Waals surface area contributed by atoms with Gasteiger partial charge >= 0.3 is 6.09 Å². The lowest BCUT2D eigenvalue weighted by Crippen LogP contribution is -2.40. The summed E-state index contributed by atoms with van der Waals surface area (Å²) in [5, 5.41) is 11.4. The molecule has 0 radical (unpaired) electrons. The van der Waals surface area contributed by atoms with E-state index in [1.165, 1.54) is 0 Å². The highest BCUT2D eigenvalue weighted by atomic mass is 16.6. The van der Waals surface area contributed by atoms with Gasteiger partial charge in [-0.15, -0.1) is 0 Å². The minimum Gasteiger partial charge on any atom is -0.444 e. The molecule has 0 bridgehead atoms. The van der Waals surface area contributed by atoms with Crippen LogP contribution in [0.2, 0.25) is 0 Å². The fourth-order valence-corrected chi connectivity index (χ4v) is 1.43. The fourth-order valence-electron chi connectivity index (χ4n) is 1.43. The summed E-state index contributed by atoms with van der Waals surface area (Å²) in [5.74, 6) is 0. The number of hydrogen-bond donors (Lipinski definition) is 1. The lowest BCUT2D eigenvalue weighted by Gasteiger charge is -2.21. The zero-order valence-electron chi connectivity index (χ0n) is 12.1. The van der Waals surface area contributed by atoms with E-state index >= 15 is 0 Å². The number of nitrogens with one attached hydrogen (secondary N) is 1. The van der Waals surface area contributed by atoms with E-state index in [1.54, 1.807) is 20.8 Å². The molecule has 0 heterocycles. The van der Waals surface area contributed by atoms with Gasteiger partial charge in [0, 0.05) is 0 Å². The number of nitrogens with zero attached hydrogens (tertiary/aromatic N) is 1. The van der Waals surface area contributed by atoms with Gasteiger partial charge in [-0.25, -0.2) is 4.79 Å². The van der Waals surface area contributed by atoms with E-state index < -0.39 is 17.7 Å². The number of rotatable bonds is 5. The van der Waals surface area contributed by atoms with Crippen LogP contribution in [-0.2, 0) is 16.1 Å². The van der Waals surface area contributed by atoms with Crippen LogP contribution in [0, 0.1) is 11.3 Å². The van der Waals surface area contributed by atoms with Gasteiger partial charge in [0.2, 0.25) is 0 Å². The molecule has 5 nitrogen and oxygen atoms in total. The Kier molecular flexibility index (Phi) is 6.01. The summed E-state index contributed by atoms with van der Waals surface area (Å²) in [6.07, 6.45) is -0.618. The molecule has 0 aliphatic rings. The van der Waals surface area contributed by atoms with Gasteiger partial charge in [-0.05, 0) is 26.3 Å². The van der Waals surface area contributed by atoms with Crippen molar-refractivity contribution in [1.29, 1.82) is 5.26 Å². The highest BCUT2D eigenvalue weighted by molar-refractivity contribution is 5.68. The molecule has 1 amide bonds. The summed E-state index contributed by atoms with van der Waals surface area (Å²) in [5.41, 5.74) is 0.427. The summed E-state index contributed by atoms with van der Waals surface area (Å²) in [7, 11) is 0. The Morgan fingerprint density at radius 2 is 2.00 bits per heavy atom.